The van der Waals surface area contributed by atoms with Crippen molar-refractivity contribution in [1.82, 2.24) is 19.8 Å². The average Bonchev–Trinajstić information content (AvgIpc) is 3.59. The summed E-state index contributed by atoms with van der Waals surface area (Å²) in [6.45, 7) is 5.57. The molecule has 4 aromatic rings. The highest BCUT2D eigenvalue weighted by molar-refractivity contribution is 5.76. The van der Waals surface area contributed by atoms with Crippen LogP contribution in [0, 0.1) is 18.6 Å². The standard InChI is InChI=1S/C30H30F2N4O2/c1-21-6-8-23(9-7-21)30(17-25-19-37-20-38-25,35-14-12-33-13-15-35)29-34-27-4-2-3-5-28(27)36(29)18-22-16-24(31)10-11-26(22)32/h2-11,16,19,33H,12-15,17-18,20H2,1H3. The van der Waals surface area contributed by atoms with Gasteiger partial charge in [-0.1, -0.05) is 42.0 Å². The van der Waals surface area contributed by atoms with E-state index in [9.17, 15) is 8.78 Å². The fourth-order valence-electron chi connectivity index (χ4n) is 5.62. The van der Waals surface area contributed by atoms with E-state index in [1.54, 1.807) is 6.26 Å². The molecule has 0 saturated carbocycles. The van der Waals surface area contributed by atoms with E-state index in [-0.39, 0.29) is 18.9 Å². The van der Waals surface area contributed by atoms with Crippen LogP contribution in [0.3, 0.4) is 0 Å². The fraction of sp³-hybridized carbons (Fsp3) is 0.300. The summed E-state index contributed by atoms with van der Waals surface area (Å²) in [4.78, 5) is 7.64. The molecule has 8 heteroatoms. The minimum atomic E-state index is -0.752. The largest absolute Gasteiger partial charge is 0.462 e. The van der Waals surface area contributed by atoms with Crippen LogP contribution in [-0.4, -0.2) is 47.4 Å². The van der Waals surface area contributed by atoms with Crippen LogP contribution in [0.5, 0.6) is 0 Å². The first-order valence-electron chi connectivity index (χ1n) is 12.9. The lowest BCUT2D eigenvalue weighted by molar-refractivity contribution is 0.0509. The zero-order valence-electron chi connectivity index (χ0n) is 21.3. The molecule has 0 amide bonds. The number of benzene rings is 3. The van der Waals surface area contributed by atoms with Crippen molar-refractivity contribution in [3.05, 3.63) is 113 Å². The van der Waals surface area contributed by atoms with E-state index in [1.165, 1.54) is 12.1 Å². The Morgan fingerprint density at radius 1 is 1.00 bits per heavy atom. The van der Waals surface area contributed by atoms with E-state index < -0.39 is 17.2 Å². The molecule has 0 bridgehead atoms. The molecule has 1 aromatic heterocycles. The van der Waals surface area contributed by atoms with E-state index in [4.69, 9.17) is 14.5 Å². The van der Waals surface area contributed by atoms with Crippen molar-refractivity contribution >= 4 is 11.0 Å². The summed E-state index contributed by atoms with van der Waals surface area (Å²) >= 11 is 0. The van der Waals surface area contributed by atoms with Gasteiger partial charge in [0.05, 0.1) is 17.6 Å². The predicted octanol–water partition coefficient (Wildman–Crippen LogP) is 5.06. The maximum atomic E-state index is 15.0. The van der Waals surface area contributed by atoms with Crippen molar-refractivity contribution in [2.45, 2.75) is 25.4 Å². The highest BCUT2D eigenvalue weighted by Gasteiger charge is 2.46. The molecule has 1 fully saturated rings. The van der Waals surface area contributed by atoms with Crippen LogP contribution < -0.4 is 5.32 Å². The third kappa shape index (κ3) is 4.44. The second-order valence-electron chi connectivity index (χ2n) is 9.90. The molecule has 1 atom stereocenters. The molecule has 1 unspecified atom stereocenters. The van der Waals surface area contributed by atoms with Gasteiger partial charge in [0.15, 0.2) is 0 Å². The number of nitrogens with zero attached hydrogens (tertiary/aromatic N) is 3. The molecule has 3 aromatic carbocycles. The maximum Gasteiger partial charge on any atom is 0.229 e. The number of hydrogen-bond donors (Lipinski definition) is 1. The van der Waals surface area contributed by atoms with Gasteiger partial charge in [0.1, 0.15) is 35.0 Å². The van der Waals surface area contributed by atoms with Gasteiger partial charge in [0.25, 0.3) is 0 Å². The summed E-state index contributed by atoms with van der Waals surface area (Å²) in [5, 5.41) is 3.46. The first-order valence-corrected chi connectivity index (χ1v) is 12.9. The van der Waals surface area contributed by atoms with Gasteiger partial charge in [0.2, 0.25) is 6.79 Å². The lowest BCUT2D eigenvalue weighted by Gasteiger charge is -2.46. The number of piperazine rings is 1. The van der Waals surface area contributed by atoms with E-state index in [2.05, 4.69) is 41.4 Å². The number of aromatic nitrogens is 2. The van der Waals surface area contributed by atoms with E-state index in [0.29, 0.717) is 6.42 Å². The Labute approximate surface area is 220 Å². The number of hydrogen-bond acceptors (Lipinski definition) is 5. The Bertz CT molecular complexity index is 1480. The molecule has 0 radical (unpaired) electrons. The smallest absolute Gasteiger partial charge is 0.229 e. The van der Waals surface area contributed by atoms with E-state index in [1.807, 2.05) is 28.8 Å². The molecular formula is C30H30F2N4O2. The maximum absolute atomic E-state index is 15.0. The summed E-state index contributed by atoms with van der Waals surface area (Å²) in [5.74, 6) is 0.554. The SMILES string of the molecule is Cc1ccc(C(CC2=COCO2)(c2nc3ccccc3n2Cc2cc(F)ccc2F)N2CCNCC2)cc1. The third-order valence-corrected chi connectivity index (χ3v) is 7.50. The van der Waals surface area contributed by atoms with Crippen molar-refractivity contribution in [3.63, 3.8) is 0 Å². The fourth-order valence-corrected chi connectivity index (χ4v) is 5.62. The van der Waals surface area contributed by atoms with Gasteiger partial charge < -0.3 is 19.4 Å². The summed E-state index contributed by atoms with van der Waals surface area (Å²) in [5.41, 5.74) is 3.37. The normalized spacial score (nSPS) is 17.6. The van der Waals surface area contributed by atoms with Crippen LogP contribution in [-0.2, 0) is 21.6 Å². The highest BCUT2D eigenvalue weighted by Crippen LogP contribution is 2.43. The van der Waals surface area contributed by atoms with Crippen molar-refractivity contribution in [1.29, 1.82) is 0 Å². The van der Waals surface area contributed by atoms with Crippen LogP contribution in [0.1, 0.15) is 28.9 Å². The molecule has 6 nitrogen and oxygen atoms in total. The first-order chi connectivity index (χ1) is 18.5. The summed E-state index contributed by atoms with van der Waals surface area (Å²) in [6, 6.07) is 19.9. The summed E-state index contributed by atoms with van der Waals surface area (Å²) in [7, 11) is 0. The Kier molecular flexibility index (Phi) is 6.59. The van der Waals surface area contributed by atoms with Gasteiger partial charge in [-0.15, -0.1) is 0 Å². The average molecular weight is 517 g/mol. The molecule has 38 heavy (non-hydrogen) atoms. The Balaban J connectivity index is 1.63. The van der Waals surface area contributed by atoms with Crippen molar-refractivity contribution in [2.75, 3.05) is 33.0 Å². The minimum Gasteiger partial charge on any atom is -0.462 e. The van der Waals surface area contributed by atoms with Gasteiger partial charge in [0, 0.05) is 38.2 Å². The van der Waals surface area contributed by atoms with Gasteiger partial charge >= 0.3 is 0 Å². The highest BCUT2D eigenvalue weighted by atomic mass is 19.1. The molecule has 2 aliphatic rings. The van der Waals surface area contributed by atoms with Gasteiger partial charge in [-0.3, -0.25) is 4.90 Å². The van der Waals surface area contributed by atoms with Crippen LogP contribution in [0.15, 0.2) is 78.8 Å². The van der Waals surface area contributed by atoms with Crippen molar-refractivity contribution in [2.24, 2.45) is 0 Å². The third-order valence-electron chi connectivity index (χ3n) is 7.50. The van der Waals surface area contributed by atoms with Crippen molar-refractivity contribution < 1.29 is 18.3 Å². The van der Waals surface area contributed by atoms with E-state index in [0.717, 1.165) is 66.0 Å². The Hall–Kier alpha value is -3.75. The molecule has 6 rings (SSSR count). The van der Waals surface area contributed by atoms with Crippen molar-refractivity contribution in [3.8, 4) is 0 Å². The van der Waals surface area contributed by atoms with Crippen LogP contribution in [0.2, 0.25) is 0 Å². The van der Waals surface area contributed by atoms with Gasteiger partial charge in [-0.2, -0.15) is 0 Å². The molecule has 2 aliphatic heterocycles. The lowest BCUT2D eigenvalue weighted by Crippen LogP contribution is -2.56. The summed E-state index contributed by atoms with van der Waals surface area (Å²) < 4.78 is 42.6. The number of aryl methyl sites for hydroxylation is 1. The molecular weight excluding hydrogens is 486 g/mol. The number of halogens is 2. The zero-order valence-corrected chi connectivity index (χ0v) is 21.3. The van der Waals surface area contributed by atoms with Crippen LogP contribution in [0.4, 0.5) is 8.78 Å². The quantitative estimate of drug-likeness (QED) is 0.372. The number of rotatable bonds is 7. The Morgan fingerprint density at radius 2 is 1.79 bits per heavy atom. The lowest BCUT2D eigenvalue weighted by atomic mass is 9.81. The monoisotopic (exact) mass is 516 g/mol. The number of fused-ring (bicyclic) bond motifs is 1. The first kappa shape index (κ1) is 24.6. The molecule has 0 aliphatic carbocycles. The van der Waals surface area contributed by atoms with Gasteiger partial charge in [-0.25, -0.2) is 13.8 Å². The Morgan fingerprint density at radius 3 is 2.55 bits per heavy atom. The topological polar surface area (TPSA) is 51.6 Å². The summed E-state index contributed by atoms with van der Waals surface area (Å²) in [6.07, 6.45) is 2.15. The number of nitrogens with one attached hydrogen (secondary N) is 1. The molecule has 3 heterocycles. The second-order valence-corrected chi connectivity index (χ2v) is 9.90. The predicted molar refractivity (Wildman–Crippen MR) is 141 cm³/mol. The molecule has 1 saturated heterocycles. The number of ether oxygens (including phenoxy) is 2. The number of para-hydroxylation sites is 2. The van der Waals surface area contributed by atoms with Gasteiger partial charge in [-0.05, 0) is 42.8 Å². The van der Waals surface area contributed by atoms with E-state index >= 15 is 0 Å². The molecule has 196 valence electrons. The number of imidazole rings is 1. The molecule has 0 spiro atoms. The molecule has 1 N–H and O–H groups in total. The van der Waals surface area contributed by atoms with Crippen LogP contribution >= 0.6 is 0 Å². The second kappa shape index (κ2) is 10.2. The zero-order chi connectivity index (χ0) is 26.1. The minimum absolute atomic E-state index is 0.134. The van der Waals surface area contributed by atoms with Crippen LogP contribution in [0.25, 0.3) is 11.0 Å².